The fourth-order valence-electron chi connectivity index (χ4n) is 4.20. The van der Waals surface area contributed by atoms with Crippen molar-refractivity contribution in [2.24, 2.45) is 11.7 Å². The molecule has 4 rings (SSSR count). The van der Waals surface area contributed by atoms with E-state index in [0.717, 1.165) is 12.1 Å². The highest BCUT2D eigenvalue weighted by atomic mass is 32.1. The van der Waals surface area contributed by atoms with Crippen LogP contribution < -0.4 is 10.6 Å². The number of Topliss-reactive ketones (excluding diaryl/α,β-unsaturated/α-hetero) is 1. The lowest BCUT2D eigenvalue weighted by atomic mass is 9.86. The van der Waals surface area contributed by atoms with Gasteiger partial charge in [0.25, 0.3) is 0 Å². The topological polar surface area (TPSA) is 102 Å². The third kappa shape index (κ3) is 4.71. The van der Waals surface area contributed by atoms with Crippen molar-refractivity contribution in [3.05, 3.63) is 59.7 Å². The number of carbonyl (C=O) groups is 3. The molecule has 2 heterocycles. The van der Waals surface area contributed by atoms with Gasteiger partial charge in [0.1, 0.15) is 0 Å². The Morgan fingerprint density at radius 1 is 1.11 bits per heavy atom. The maximum absolute atomic E-state index is 13.3. The van der Waals surface area contributed by atoms with Crippen molar-refractivity contribution < 1.29 is 37.0 Å². The summed E-state index contributed by atoms with van der Waals surface area (Å²) in [4.78, 5) is 39.4. The first kappa shape index (κ1) is 24.6. The van der Waals surface area contributed by atoms with Gasteiger partial charge in [-0.25, -0.2) is 14.5 Å². The predicted octanol–water partition coefficient (Wildman–Crippen LogP) is 3.37. The maximum atomic E-state index is 13.3. The highest BCUT2D eigenvalue weighted by molar-refractivity contribution is 7.80. The summed E-state index contributed by atoms with van der Waals surface area (Å²) in [5, 5.41) is -0.211. The molecule has 2 fully saturated rings. The highest BCUT2D eigenvalue weighted by Gasteiger charge is 2.55. The number of ketones is 1. The van der Waals surface area contributed by atoms with Crippen molar-refractivity contribution in [3.63, 3.8) is 0 Å². The molecule has 2 aromatic rings. The Balaban J connectivity index is 1.63. The molecular formula is C23H20F3N3O5S. The molecule has 12 heteroatoms. The van der Waals surface area contributed by atoms with E-state index in [9.17, 15) is 27.6 Å². The number of piperidine rings is 1. The van der Waals surface area contributed by atoms with Crippen LogP contribution in [0.1, 0.15) is 28.8 Å². The van der Waals surface area contributed by atoms with Gasteiger partial charge in [0.15, 0.2) is 10.9 Å². The quantitative estimate of drug-likeness (QED) is 0.289. The summed E-state index contributed by atoms with van der Waals surface area (Å²) in [6.07, 6.45) is -4.22. The number of hydrogen-bond acceptors (Lipinski definition) is 7. The minimum Gasteiger partial charge on any atom is -0.400 e. The van der Waals surface area contributed by atoms with Crippen LogP contribution in [0, 0.1) is 5.92 Å². The van der Waals surface area contributed by atoms with Crippen LogP contribution in [0.25, 0.3) is 0 Å². The lowest BCUT2D eigenvalue weighted by Crippen LogP contribution is -2.54. The second kappa shape index (κ2) is 8.93. The second-order valence-electron chi connectivity index (χ2n) is 8.24. The third-order valence-electron chi connectivity index (χ3n) is 5.98. The molecule has 0 radical (unpaired) electrons. The number of thiocarbonyl (C=S) groups is 1. The Kier molecular flexibility index (Phi) is 6.28. The van der Waals surface area contributed by atoms with Gasteiger partial charge in [-0.1, -0.05) is 18.2 Å². The lowest BCUT2D eigenvalue weighted by Gasteiger charge is -2.40. The number of rotatable bonds is 4. The van der Waals surface area contributed by atoms with E-state index in [-0.39, 0.29) is 28.6 Å². The van der Waals surface area contributed by atoms with E-state index < -0.39 is 35.5 Å². The predicted molar refractivity (Wildman–Crippen MR) is 121 cm³/mol. The van der Waals surface area contributed by atoms with Crippen LogP contribution in [0.4, 0.5) is 24.5 Å². The molecular weight excluding hydrogens is 487 g/mol. The van der Waals surface area contributed by atoms with Crippen LogP contribution in [0.15, 0.2) is 48.5 Å². The number of benzene rings is 2. The number of carbonyl (C=O) groups excluding carboxylic acids is 3. The van der Waals surface area contributed by atoms with Crippen molar-refractivity contribution in [2.45, 2.75) is 24.9 Å². The summed E-state index contributed by atoms with van der Waals surface area (Å²) in [6, 6.07) is 10.6. The van der Waals surface area contributed by atoms with Gasteiger partial charge in [0.2, 0.25) is 0 Å². The molecule has 2 saturated heterocycles. The number of nitrogens with two attached hydrogens (primary N) is 1. The minimum absolute atomic E-state index is 0.0588. The van der Waals surface area contributed by atoms with E-state index in [4.69, 9.17) is 27.4 Å². The van der Waals surface area contributed by atoms with Gasteiger partial charge in [-0.15, -0.1) is 0 Å². The highest BCUT2D eigenvalue weighted by Crippen LogP contribution is 2.39. The number of anilines is 2. The van der Waals surface area contributed by atoms with Crippen molar-refractivity contribution in [2.75, 3.05) is 18.5 Å². The van der Waals surface area contributed by atoms with Crippen molar-refractivity contribution >= 4 is 46.4 Å². The Morgan fingerprint density at radius 2 is 1.71 bits per heavy atom. The molecule has 2 aromatic carbocycles. The zero-order valence-corrected chi connectivity index (χ0v) is 19.2. The molecule has 8 nitrogen and oxygen atoms in total. The summed E-state index contributed by atoms with van der Waals surface area (Å²) < 4.78 is 50.0. The smallest absolute Gasteiger partial charge is 0.400 e. The third-order valence-corrected chi connectivity index (χ3v) is 6.16. The Bertz CT molecular complexity index is 1200. The number of alkyl halides is 3. The molecule has 1 spiro atoms. The van der Waals surface area contributed by atoms with Crippen LogP contribution in [0.3, 0.4) is 0 Å². The van der Waals surface area contributed by atoms with Crippen molar-refractivity contribution in [3.8, 4) is 0 Å². The average molecular weight is 507 g/mol. The van der Waals surface area contributed by atoms with Gasteiger partial charge < -0.3 is 15.2 Å². The van der Waals surface area contributed by atoms with Gasteiger partial charge in [-0.05, 0) is 56.0 Å². The molecule has 1 atom stereocenters. The van der Waals surface area contributed by atoms with Crippen molar-refractivity contribution in [1.82, 2.24) is 4.90 Å². The molecule has 0 saturated carbocycles. The number of ether oxygens (including phenoxy) is 2. The first-order valence-corrected chi connectivity index (χ1v) is 10.9. The standard InChI is InChI=1S/C23H20F3N3O5S/c1-28-9-8-14(12-22(28)33-19(31)20(32)34-22)18(30)13-4-2-6-16(10-13)29(21(27)35)17-7-3-5-15(11-17)23(24,25)26/h2-7,10-11,14H,8-9,12H2,1H3,(H2,27,35). The second-order valence-corrected chi connectivity index (χ2v) is 8.66. The molecule has 184 valence electrons. The first-order chi connectivity index (χ1) is 16.4. The van der Waals surface area contributed by atoms with Gasteiger partial charge >= 0.3 is 24.0 Å². The van der Waals surface area contributed by atoms with Gasteiger partial charge in [0.05, 0.1) is 12.0 Å². The number of nitrogens with zero attached hydrogens (tertiary/aromatic N) is 2. The summed E-state index contributed by atoms with van der Waals surface area (Å²) in [5.41, 5.74) is 5.59. The summed E-state index contributed by atoms with van der Waals surface area (Å²) in [7, 11) is 1.61. The van der Waals surface area contributed by atoms with Crippen LogP contribution in [0.2, 0.25) is 0 Å². The van der Waals surface area contributed by atoms with Gasteiger partial charge in [-0.2, -0.15) is 13.2 Å². The molecule has 0 bridgehead atoms. The number of hydrogen-bond donors (Lipinski definition) is 1. The summed E-state index contributed by atoms with van der Waals surface area (Å²) in [6.45, 7) is 0.319. The SMILES string of the molecule is CN1CCC(C(=O)c2cccc(N(C(N)=S)c3cccc(C(F)(F)F)c3)c2)CC12OC(=O)C(=O)O2. The van der Waals surface area contributed by atoms with E-state index >= 15 is 0 Å². The van der Waals surface area contributed by atoms with E-state index in [2.05, 4.69) is 0 Å². The van der Waals surface area contributed by atoms with E-state index in [0.29, 0.717) is 18.7 Å². The summed E-state index contributed by atoms with van der Waals surface area (Å²) in [5.74, 6) is -4.86. The van der Waals surface area contributed by atoms with Crippen LogP contribution in [-0.4, -0.2) is 47.2 Å². The van der Waals surface area contributed by atoms with Gasteiger partial charge in [-0.3, -0.25) is 9.69 Å². The molecule has 0 aromatic heterocycles. The molecule has 2 aliphatic rings. The Hall–Kier alpha value is -3.51. The number of halogens is 3. The van der Waals surface area contributed by atoms with Gasteiger partial charge in [0, 0.05) is 29.4 Å². The number of esters is 2. The van der Waals surface area contributed by atoms with Crippen LogP contribution in [0.5, 0.6) is 0 Å². The van der Waals surface area contributed by atoms with Crippen molar-refractivity contribution in [1.29, 1.82) is 0 Å². The van der Waals surface area contributed by atoms with Crippen LogP contribution in [-0.2, 0) is 25.2 Å². The number of likely N-dealkylation sites (tertiary alicyclic amines) is 1. The first-order valence-electron chi connectivity index (χ1n) is 10.5. The largest absolute Gasteiger partial charge is 0.421 e. The normalized spacial score (nSPS) is 19.8. The van der Waals surface area contributed by atoms with E-state index in [1.807, 2.05) is 0 Å². The molecule has 2 aliphatic heterocycles. The molecule has 35 heavy (non-hydrogen) atoms. The summed E-state index contributed by atoms with van der Waals surface area (Å²) >= 11 is 5.09. The van der Waals surface area contributed by atoms with E-state index in [1.165, 1.54) is 23.1 Å². The Morgan fingerprint density at radius 3 is 2.31 bits per heavy atom. The molecule has 0 amide bonds. The van der Waals surface area contributed by atoms with Crippen LogP contribution >= 0.6 is 12.2 Å². The fourth-order valence-corrected chi connectivity index (χ4v) is 4.42. The molecule has 1 unspecified atom stereocenters. The monoisotopic (exact) mass is 507 g/mol. The lowest BCUT2D eigenvalue weighted by molar-refractivity contribution is -0.261. The molecule has 2 N–H and O–H groups in total. The fraction of sp³-hybridized carbons (Fsp3) is 0.304. The average Bonchev–Trinajstić information content (AvgIpc) is 3.08. The zero-order chi connectivity index (χ0) is 25.5. The molecule has 0 aliphatic carbocycles. The zero-order valence-electron chi connectivity index (χ0n) is 18.4. The maximum Gasteiger partial charge on any atom is 0.421 e. The minimum atomic E-state index is -4.56. The van der Waals surface area contributed by atoms with E-state index in [1.54, 1.807) is 30.1 Å². The Labute approximate surface area is 203 Å².